The van der Waals surface area contributed by atoms with Crippen LogP contribution in [0.1, 0.15) is 39.3 Å². The van der Waals surface area contributed by atoms with Gasteiger partial charge < -0.3 is 46.2 Å². The van der Waals surface area contributed by atoms with Crippen LogP contribution in [0.5, 0.6) is 5.75 Å². The Balaban J connectivity index is 0.00000294. The third-order valence-electron chi connectivity index (χ3n) is 7.07. The fourth-order valence-corrected chi connectivity index (χ4v) is 8.14. The van der Waals surface area contributed by atoms with Crippen molar-refractivity contribution in [1.29, 1.82) is 0 Å². The fourth-order valence-electron chi connectivity index (χ4n) is 5.03. The number of fused-ring (bicyclic) bond motifs is 1. The molecule has 3 aliphatic heterocycles. The molecule has 3 saturated heterocycles. The van der Waals surface area contributed by atoms with E-state index in [4.69, 9.17) is 5.73 Å². The average molecular weight is 626 g/mol. The minimum atomic E-state index is -1.40. The fraction of sp³-hybridized carbons (Fsp3) is 0.542. The van der Waals surface area contributed by atoms with E-state index < -0.39 is 80.1 Å². The molecule has 0 saturated carbocycles. The first kappa shape index (κ1) is 36.2. The second-order valence-corrected chi connectivity index (χ2v) is 14.2. The van der Waals surface area contributed by atoms with Gasteiger partial charge in [-0.1, -0.05) is 12.1 Å². The number of nitrogens with two attached hydrogens (primary N) is 1. The van der Waals surface area contributed by atoms with Crippen molar-refractivity contribution in [1.82, 2.24) is 20.9 Å². The van der Waals surface area contributed by atoms with Crippen LogP contribution >= 0.6 is 23.5 Å². The molecular formula is C24H29N5Na2O8S2. The third kappa shape index (κ3) is 7.05. The van der Waals surface area contributed by atoms with Crippen LogP contribution in [0.15, 0.2) is 24.3 Å². The molecule has 1 aromatic carbocycles. The Kier molecular flexibility index (Phi) is 11.8. The SMILES string of the molecule is CC1(C)S[C@@H]2[C@H](NC(=O)[C@@H](NC(=O)C(N)c3ccc(O)cc3)[C@@H]3N[C@@H](C(=O)[O-])C(C)(C)S3)C(=O)N2[C@H]1C(=O)[O-].[Na+].[Na+]. The van der Waals surface area contributed by atoms with Crippen molar-refractivity contribution in [3.63, 3.8) is 0 Å². The van der Waals surface area contributed by atoms with E-state index in [0.717, 1.165) is 16.7 Å². The molecule has 1 aromatic rings. The molecule has 0 bridgehead atoms. The van der Waals surface area contributed by atoms with Crippen molar-refractivity contribution in [2.45, 2.75) is 78.1 Å². The van der Waals surface area contributed by atoms with Gasteiger partial charge in [0, 0.05) is 9.49 Å². The summed E-state index contributed by atoms with van der Waals surface area (Å²) in [6, 6.07) is -0.397. The summed E-state index contributed by atoms with van der Waals surface area (Å²) in [5, 5.41) is 39.3. The average Bonchev–Trinajstić information content (AvgIpc) is 3.30. The molecule has 1 unspecified atom stereocenters. The van der Waals surface area contributed by atoms with Gasteiger partial charge in [-0.25, -0.2) is 0 Å². The van der Waals surface area contributed by atoms with Crippen LogP contribution in [-0.2, 0) is 24.0 Å². The maximum absolute atomic E-state index is 13.5. The molecule has 13 nitrogen and oxygen atoms in total. The van der Waals surface area contributed by atoms with E-state index in [9.17, 15) is 39.3 Å². The minimum Gasteiger partial charge on any atom is -0.548 e. The maximum atomic E-state index is 13.5. The number of phenols is 1. The van der Waals surface area contributed by atoms with E-state index in [1.807, 2.05) is 0 Å². The van der Waals surface area contributed by atoms with Gasteiger partial charge in [0.1, 0.15) is 29.2 Å². The Hall–Kier alpha value is -1.01. The second kappa shape index (κ2) is 13.3. The van der Waals surface area contributed by atoms with Crippen LogP contribution in [0, 0.1) is 0 Å². The number of amides is 3. The number of aromatic hydroxyl groups is 1. The molecule has 3 fully saturated rings. The molecule has 3 aliphatic rings. The zero-order chi connectivity index (χ0) is 29.0. The van der Waals surface area contributed by atoms with Gasteiger partial charge in [-0.2, -0.15) is 0 Å². The van der Waals surface area contributed by atoms with Crippen molar-refractivity contribution in [2.24, 2.45) is 5.73 Å². The number of carbonyl (C=O) groups is 5. The number of β-lactam (4-membered cyclic amide) rings is 1. The van der Waals surface area contributed by atoms with Crippen molar-refractivity contribution in [2.75, 3.05) is 0 Å². The molecule has 3 heterocycles. The minimum absolute atomic E-state index is 0. The molecule has 41 heavy (non-hydrogen) atoms. The van der Waals surface area contributed by atoms with Gasteiger partial charge in [-0.3, -0.25) is 19.7 Å². The Morgan fingerprint density at radius 2 is 1.59 bits per heavy atom. The van der Waals surface area contributed by atoms with Crippen molar-refractivity contribution >= 4 is 53.2 Å². The summed E-state index contributed by atoms with van der Waals surface area (Å²) in [7, 11) is 0. The topological polar surface area (TPSA) is 217 Å². The Bertz CT molecular complexity index is 1220. The van der Waals surface area contributed by atoms with Crippen LogP contribution in [0.2, 0.25) is 0 Å². The number of carbonyl (C=O) groups excluding carboxylic acids is 5. The summed E-state index contributed by atoms with van der Waals surface area (Å²) >= 11 is 2.31. The van der Waals surface area contributed by atoms with E-state index in [1.165, 1.54) is 36.0 Å². The first-order valence-electron chi connectivity index (χ1n) is 12.1. The van der Waals surface area contributed by atoms with Crippen molar-refractivity contribution < 1.29 is 98.4 Å². The molecule has 3 amide bonds. The Morgan fingerprint density at radius 3 is 2.10 bits per heavy atom. The number of carboxylic acids is 2. The summed E-state index contributed by atoms with van der Waals surface area (Å²) in [4.78, 5) is 64.1. The first-order valence-corrected chi connectivity index (χ1v) is 13.8. The van der Waals surface area contributed by atoms with Crippen molar-refractivity contribution in [3.05, 3.63) is 29.8 Å². The Labute approximate surface area is 289 Å². The second-order valence-electron chi connectivity index (χ2n) is 10.7. The smallest absolute Gasteiger partial charge is 0.548 e. The van der Waals surface area contributed by atoms with E-state index in [1.54, 1.807) is 27.7 Å². The monoisotopic (exact) mass is 625 g/mol. The summed E-state index contributed by atoms with van der Waals surface area (Å²) < 4.78 is -1.78. The number of nitrogens with one attached hydrogen (secondary N) is 3. The van der Waals surface area contributed by atoms with Crippen LogP contribution in [-0.4, -0.2) is 84.1 Å². The summed E-state index contributed by atoms with van der Waals surface area (Å²) in [6.45, 7) is 6.62. The van der Waals surface area contributed by atoms with E-state index in [2.05, 4.69) is 16.0 Å². The molecule has 0 spiro atoms. The number of nitrogens with zero attached hydrogens (tertiary/aromatic N) is 1. The molecule has 4 rings (SSSR count). The molecule has 0 aliphatic carbocycles. The molecule has 6 N–H and O–H groups in total. The third-order valence-corrected chi connectivity index (χ3v) is 10.1. The number of thioether (sulfide) groups is 2. The van der Waals surface area contributed by atoms with E-state index >= 15 is 0 Å². The molecule has 7 atom stereocenters. The first-order chi connectivity index (χ1) is 18.0. The predicted octanol–water partition coefficient (Wildman–Crippen LogP) is -9.26. The Morgan fingerprint density at radius 1 is 1.00 bits per heavy atom. The quantitative estimate of drug-likeness (QED) is 0.134. The number of rotatable bonds is 8. The zero-order valence-corrected chi connectivity index (χ0v) is 29.1. The van der Waals surface area contributed by atoms with E-state index in [0.29, 0.717) is 5.56 Å². The maximum Gasteiger partial charge on any atom is 1.00 e. The van der Waals surface area contributed by atoms with Crippen LogP contribution in [0.4, 0.5) is 0 Å². The number of phenolic OH excluding ortho intramolecular Hbond substituents is 1. The molecular weight excluding hydrogens is 596 g/mol. The molecule has 212 valence electrons. The summed E-state index contributed by atoms with van der Waals surface area (Å²) in [5.74, 6) is -4.96. The van der Waals surface area contributed by atoms with Crippen LogP contribution in [0.3, 0.4) is 0 Å². The predicted molar refractivity (Wildman–Crippen MR) is 137 cm³/mol. The van der Waals surface area contributed by atoms with Gasteiger partial charge in [0.25, 0.3) is 0 Å². The van der Waals surface area contributed by atoms with Crippen LogP contribution < -0.4 is 91.0 Å². The molecule has 0 aromatic heterocycles. The summed E-state index contributed by atoms with van der Waals surface area (Å²) in [5.41, 5.74) is 6.44. The number of aliphatic carboxylic acids is 2. The molecule has 0 radical (unpaired) electrons. The van der Waals surface area contributed by atoms with E-state index in [-0.39, 0.29) is 64.9 Å². The number of benzene rings is 1. The van der Waals surface area contributed by atoms with Crippen LogP contribution in [0.25, 0.3) is 0 Å². The normalized spacial score (nSPS) is 28.6. The largest absolute Gasteiger partial charge is 1.00 e. The number of hydrogen-bond donors (Lipinski definition) is 5. The molecule has 17 heteroatoms. The van der Waals surface area contributed by atoms with Gasteiger partial charge in [0.05, 0.1) is 29.4 Å². The van der Waals surface area contributed by atoms with Gasteiger partial charge in [-0.15, -0.1) is 23.5 Å². The van der Waals surface area contributed by atoms with Crippen molar-refractivity contribution in [3.8, 4) is 5.75 Å². The number of carboxylic acid groups (broad SMARTS) is 2. The summed E-state index contributed by atoms with van der Waals surface area (Å²) in [6.07, 6.45) is 0. The van der Waals surface area contributed by atoms with Gasteiger partial charge in [0.2, 0.25) is 17.7 Å². The number of hydrogen-bond acceptors (Lipinski definition) is 12. The van der Waals surface area contributed by atoms with Gasteiger partial charge >= 0.3 is 59.1 Å². The standard InChI is InChI=1S/C24H31N5O8S2.2Na/c1-23(2)14(21(34)35)28-18(38-23)12(26-16(31)11(25)9-5-7-10(30)8-6-9)17(32)27-13-19(33)29-15(22(36)37)24(3,4)39-20(13)29;;/h5-8,11-15,18,20,28,30H,25H2,1-4H3,(H,26,31)(H,27,32)(H,34,35)(H,36,37);;/q;2*+1/p-2/t11?,12-,13-,14+,15+,18-,20-;;/m1../s1. The van der Waals surface area contributed by atoms with Gasteiger partial charge in [0.15, 0.2) is 0 Å². The van der Waals surface area contributed by atoms with Gasteiger partial charge in [-0.05, 0) is 45.4 Å². The zero-order valence-electron chi connectivity index (χ0n) is 23.5.